The smallest absolute Gasteiger partial charge is 0.339 e. The number of carboxylic acids is 1. The average Bonchev–Trinajstić information content (AvgIpc) is 3.08. The van der Waals surface area contributed by atoms with Gasteiger partial charge in [-0.3, -0.25) is 0 Å². The van der Waals surface area contributed by atoms with Crippen LogP contribution < -0.4 is 4.74 Å². The van der Waals surface area contributed by atoms with Crippen LogP contribution >= 0.6 is 0 Å². The van der Waals surface area contributed by atoms with Gasteiger partial charge >= 0.3 is 5.97 Å². The number of nitrogens with zero attached hydrogens (tertiary/aromatic N) is 1. The second kappa shape index (κ2) is 7.00. The molecule has 0 aliphatic heterocycles. The summed E-state index contributed by atoms with van der Waals surface area (Å²) in [6.07, 6.45) is 0. The summed E-state index contributed by atoms with van der Waals surface area (Å²) in [5.74, 6) is 0.504. The molecule has 0 fully saturated rings. The fourth-order valence-corrected chi connectivity index (χ4v) is 2.19. The van der Waals surface area contributed by atoms with Crippen molar-refractivity contribution in [3.8, 4) is 5.75 Å². The number of furan rings is 1. The number of aromatic nitrogens is 1. The van der Waals surface area contributed by atoms with Gasteiger partial charge in [0.2, 0.25) is 0 Å². The molecule has 0 spiro atoms. The molecular formula is C17H19NO5. The van der Waals surface area contributed by atoms with Crippen molar-refractivity contribution in [3.63, 3.8) is 0 Å². The third-order valence-corrected chi connectivity index (χ3v) is 3.11. The summed E-state index contributed by atoms with van der Waals surface area (Å²) in [4.78, 5) is 11.3. The molecule has 3 rings (SSSR count). The lowest BCUT2D eigenvalue weighted by Gasteiger charge is -2.03. The van der Waals surface area contributed by atoms with E-state index in [1.165, 1.54) is 0 Å². The molecule has 0 amide bonds. The molecule has 0 saturated heterocycles. The Balaban J connectivity index is 0.000000924. The number of rotatable bonds is 4. The Labute approximate surface area is 133 Å². The van der Waals surface area contributed by atoms with Crippen LogP contribution in [0.4, 0.5) is 0 Å². The minimum absolute atomic E-state index is 0.158. The van der Waals surface area contributed by atoms with Gasteiger partial charge in [-0.05, 0) is 32.0 Å². The molecule has 0 aliphatic carbocycles. The quantitative estimate of drug-likeness (QED) is 0.770. The minimum Gasteiger partial charge on any atom is -0.486 e. The van der Waals surface area contributed by atoms with E-state index in [9.17, 15) is 9.90 Å². The van der Waals surface area contributed by atoms with E-state index in [0.29, 0.717) is 28.2 Å². The number of carbonyl (C=O) groups is 1. The molecule has 2 aromatic heterocycles. The highest BCUT2D eigenvalue weighted by Crippen LogP contribution is 2.29. The lowest BCUT2D eigenvalue weighted by Crippen LogP contribution is -1.97. The fourth-order valence-electron chi connectivity index (χ4n) is 2.19. The average molecular weight is 317 g/mol. The highest BCUT2D eigenvalue weighted by Gasteiger charge is 2.17. The van der Waals surface area contributed by atoms with E-state index in [1.54, 1.807) is 31.2 Å². The van der Waals surface area contributed by atoms with Crippen molar-refractivity contribution in [2.75, 3.05) is 0 Å². The highest BCUT2D eigenvalue weighted by atomic mass is 16.5. The Hall–Kier alpha value is -2.76. The van der Waals surface area contributed by atoms with Gasteiger partial charge in [0.1, 0.15) is 29.3 Å². The van der Waals surface area contributed by atoms with Gasteiger partial charge in [0.25, 0.3) is 0 Å². The van der Waals surface area contributed by atoms with Gasteiger partial charge in [-0.2, -0.15) is 0 Å². The summed E-state index contributed by atoms with van der Waals surface area (Å²) in [5, 5.41) is 13.5. The van der Waals surface area contributed by atoms with Crippen LogP contribution in [0.25, 0.3) is 11.0 Å². The standard InChI is InChI=1S/C15H13NO5.C2H6/c1-8-5-11(21-16-8)7-19-10-3-4-13-12(6-10)14(15(17)18)9(2)20-13;1-2/h3-6H,7H2,1-2H3,(H,17,18);1-2H3. The Morgan fingerprint density at radius 2 is 2.00 bits per heavy atom. The number of ether oxygens (including phenoxy) is 1. The molecule has 122 valence electrons. The van der Waals surface area contributed by atoms with E-state index in [4.69, 9.17) is 13.7 Å². The predicted octanol–water partition coefficient (Wildman–Crippen LogP) is 4.34. The van der Waals surface area contributed by atoms with Crippen LogP contribution in [0.2, 0.25) is 0 Å². The summed E-state index contributed by atoms with van der Waals surface area (Å²) in [7, 11) is 0. The van der Waals surface area contributed by atoms with E-state index in [0.717, 1.165) is 5.69 Å². The molecule has 0 aliphatic rings. The number of fused-ring (bicyclic) bond motifs is 1. The monoisotopic (exact) mass is 317 g/mol. The van der Waals surface area contributed by atoms with Crippen molar-refractivity contribution < 1.29 is 23.6 Å². The van der Waals surface area contributed by atoms with Crippen LogP contribution in [0, 0.1) is 13.8 Å². The molecule has 0 radical (unpaired) electrons. The molecule has 6 heteroatoms. The Morgan fingerprint density at radius 1 is 1.26 bits per heavy atom. The third kappa shape index (κ3) is 3.53. The van der Waals surface area contributed by atoms with Crippen molar-refractivity contribution in [2.24, 2.45) is 0 Å². The van der Waals surface area contributed by atoms with Crippen LogP contribution in [-0.2, 0) is 6.61 Å². The largest absolute Gasteiger partial charge is 0.486 e. The number of aromatic carboxylic acids is 1. The Kier molecular flexibility index (Phi) is 5.05. The van der Waals surface area contributed by atoms with E-state index in [2.05, 4.69) is 5.16 Å². The van der Waals surface area contributed by atoms with E-state index in [-0.39, 0.29) is 12.2 Å². The molecule has 6 nitrogen and oxygen atoms in total. The van der Waals surface area contributed by atoms with Crippen molar-refractivity contribution in [1.82, 2.24) is 5.16 Å². The maximum Gasteiger partial charge on any atom is 0.339 e. The number of carboxylic acid groups (broad SMARTS) is 1. The molecule has 23 heavy (non-hydrogen) atoms. The lowest BCUT2D eigenvalue weighted by molar-refractivity contribution is 0.0697. The number of benzene rings is 1. The van der Waals surface area contributed by atoms with Crippen LogP contribution in [0.3, 0.4) is 0 Å². The van der Waals surface area contributed by atoms with Gasteiger partial charge in [-0.1, -0.05) is 19.0 Å². The molecule has 0 bridgehead atoms. The minimum atomic E-state index is -1.02. The zero-order valence-electron chi connectivity index (χ0n) is 13.5. The highest BCUT2D eigenvalue weighted by molar-refractivity contribution is 6.03. The first kappa shape index (κ1) is 16.6. The van der Waals surface area contributed by atoms with Crippen molar-refractivity contribution >= 4 is 16.9 Å². The molecule has 2 heterocycles. The topological polar surface area (TPSA) is 85.7 Å². The zero-order valence-corrected chi connectivity index (χ0v) is 13.5. The molecule has 0 saturated carbocycles. The second-order valence-electron chi connectivity index (χ2n) is 4.72. The van der Waals surface area contributed by atoms with E-state index in [1.807, 2.05) is 20.8 Å². The zero-order chi connectivity index (χ0) is 17.0. The summed E-state index contributed by atoms with van der Waals surface area (Å²) >= 11 is 0. The van der Waals surface area contributed by atoms with Gasteiger partial charge < -0.3 is 18.8 Å². The van der Waals surface area contributed by atoms with Crippen LogP contribution in [0.15, 0.2) is 33.2 Å². The summed E-state index contributed by atoms with van der Waals surface area (Å²) in [6.45, 7) is 7.68. The summed E-state index contributed by atoms with van der Waals surface area (Å²) < 4.78 is 16.1. The van der Waals surface area contributed by atoms with Gasteiger partial charge in [0.15, 0.2) is 5.76 Å². The normalized spacial score (nSPS) is 10.3. The Bertz CT molecular complexity index is 816. The number of hydrogen-bond donors (Lipinski definition) is 1. The van der Waals surface area contributed by atoms with Crippen LogP contribution in [-0.4, -0.2) is 16.2 Å². The first-order valence-electron chi connectivity index (χ1n) is 7.36. The maximum atomic E-state index is 11.3. The molecule has 0 unspecified atom stereocenters. The van der Waals surface area contributed by atoms with Gasteiger partial charge in [0, 0.05) is 11.5 Å². The molecule has 3 aromatic rings. The number of hydrogen-bond acceptors (Lipinski definition) is 5. The Morgan fingerprint density at radius 3 is 2.61 bits per heavy atom. The van der Waals surface area contributed by atoms with E-state index < -0.39 is 5.97 Å². The fraction of sp³-hybridized carbons (Fsp3) is 0.294. The first-order chi connectivity index (χ1) is 11.0. The van der Waals surface area contributed by atoms with Crippen molar-refractivity contribution in [2.45, 2.75) is 34.3 Å². The molecule has 0 atom stereocenters. The lowest BCUT2D eigenvalue weighted by atomic mass is 10.1. The van der Waals surface area contributed by atoms with Crippen LogP contribution in [0.5, 0.6) is 5.75 Å². The summed E-state index contributed by atoms with van der Waals surface area (Å²) in [6, 6.07) is 6.84. The van der Waals surface area contributed by atoms with Gasteiger partial charge in [0.05, 0.1) is 5.69 Å². The second-order valence-corrected chi connectivity index (χ2v) is 4.72. The number of aryl methyl sites for hydroxylation is 2. The van der Waals surface area contributed by atoms with Crippen molar-refractivity contribution in [3.05, 3.63) is 47.0 Å². The van der Waals surface area contributed by atoms with E-state index >= 15 is 0 Å². The maximum absolute atomic E-state index is 11.3. The van der Waals surface area contributed by atoms with Crippen LogP contribution in [0.1, 0.15) is 41.4 Å². The molecule has 1 N–H and O–H groups in total. The van der Waals surface area contributed by atoms with Gasteiger partial charge in [-0.25, -0.2) is 4.79 Å². The van der Waals surface area contributed by atoms with Gasteiger partial charge in [-0.15, -0.1) is 0 Å². The predicted molar refractivity (Wildman–Crippen MR) is 84.8 cm³/mol. The van der Waals surface area contributed by atoms with Crippen molar-refractivity contribution in [1.29, 1.82) is 0 Å². The SMILES string of the molecule is CC.Cc1cc(COc2ccc3oc(C)c(C(=O)O)c3c2)on1. The summed E-state index contributed by atoms with van der Waals surface area (Å²) in [5.41, 5.74) is 1.46. The molecular weight excluding hydrogens is 298 g/mol. The third-order valence-electron chi connectivity index (χ3n) is 3.11. The first-order valence-corrected chi connectivity index (χ1v) is 7.36. The molecule has 1 aromatic carbocycles.